The lowest BCUT2D eigenvalue weighted by Crippen LogP contribution is -2.57. The SMILES string of the molecule is NCCC1CCN(C2CCC23CCCCC3)CC1. The smallest absolute Gasteiger partial charge is 0.0152 e. The van der Waals surface area contributed by atoms with Crippen molar-refractivity contribution in [2.45, 2.75) is 70.3 Å². The molecule has 104 valence electrons. The molecule has 3 rings (SSSR count). The van der Waals surface area contributed by atoms with Crippen LogP contribution in [-0.2, 0) is 0 Å². The van der Waals surface area contributed by atoms with Crippen LogP contribution in [0.2, 0.25) is 0 Å². The number of rotatable bonds is 3. The number of nitrogens with zero attached hydrogens (tertiary/aromatic N) is 1. The Kier molecular flexibility index (Phi) is 3.95. The molecule has 1 spiro atoms. The van der Waals surface area contributed by atoms with Crippen molar-refractivity contribution in [1.82, 2.24) is 4.90 Å². The molecule has 0 bridgehead atoms. The summed E-state index contributed by atoms with van der Waals surface area (Å²) < 4.78 is 0. The Bertz CT molecular complexity index is 262. The van der Waals surface area contributed by atoms with E-state index in [2.05, 4.69) is 4.90 Å². The Morgan fingerprint density at radius 2 is 1.67 bits per heavy atom. The van der Waals surface area contributed by atoms with Crippen LogP contribution in [0.4, 0.5) is 0 Å². The monoisotopic (exact) mass is 250 g/mol. The fraction of sp³-hybridized carbons (Fsp3) is 1.00. The highest BCUT2D eigenvalue weighted by molar-refractivity contribution is 5.03. The van der Waals surface area contributed by atoms with Gasteiger partial charge in [0.25, 0.3) is 0 Å². The van der Waals surface area contributed by atoms with Gasteiger partial charge >= 0.3 is 0 Å². The van der Waals surface area contributed by atoms with Crippen LogP contribution in [0.25, 0.3) is 0 Å². The van der Waals surface area contributed by atoms with E-state index in [0.29, 0.717) is 0 Å². The zero-order valence-corrected chi connectivity index (χ0v) is 11.9. The third-order valence-electron chi connectivity index (χ3n) is 6.14. The van der Waals surface area contributed by atoms with Gasteiger partial charge in [-0.2, -0.15) is 0 Å². The summed E-state index contributed by atoms with van der Waals surface area (Å²) in [6.07, 6.45) is 14.6. The first-order valence-corrected chi connectivity index (χ1v) is 8.28. The van der Waals surface area contributed by atoms with Gasteiger partial charge in [0.1, 0.15) is 0 Å². The van der Waals surface area contributed by atoms with Crippen LogP contribution in [0.3, 0.4) is 0 Å². The topological polar surface area (TPSA) is 29.3 Å². The zero-order chi connectivity index (χ0) is 12.4. The van der Waals surface area contributed by atoms with E-state index in [9.17, 15) is 0 Å². The first-order chi connectivity index (χ1) is 8.84. The van der Waals surface area contributed by atoms with Crippen LogP contribution in [0.15, 0.2) is 0 Å². The van der Waals surface area contributed by atoms with Gasteiger partial charge in [-0.1, -0.05) is 19.3 Å². The Morgan fingerprint density at radius 1 is 0.944 bits per heavy atom. The maximum Gasteiger partial charge on any atom is 0.0152 e. The number of likely N-dealkylation sites (tertiary alicyclic amines) is 1. The molecule has 18 heavy (non-hydrogen) atoms. The molecule has 2 N–H and O–H groups in total. The fourth-order valence-electron chi connectivity index (χ4n) is 4.88. The standard InChI is InChI=1S/C16H30N2/c17-11-5-14-6-12-18(13-7-14)15-4-10-16(15)8-2-1-3-9-16/h14-15H,1-13,17H2. The van der Waals surface area contributed by atoms with Crippen molar-refractivity contribution in [2.75, 3.05) is 19.6 Å². The number of nitrogens with two attached hydrogens (primary N) is 1. The van der Waals surface area contributed by atoms with Crippen molar-refractivity contribution in [1.29, 1.82) is 0 Å². The van der Waals surface area contributed by atoms with Crippen molar-refractivity contribution in [3.05, 3.63) is 0 Å². The third-order valence-corrected chi connectivity index (χ3v) is 6.14. The molecule has 2 heteroatoms. The van der Waals surface area contributed by atoms with Crippen molar-refractivity contribution in [3.8, 4) is 0 Å². The molecule has 0 aromatic heterocycles. The molecule has 2 saturated carbocycles. The van der Waals surface area contributed by atoms with E-state index in [1.54, 1.807) is 0 Å². The quantitative estimate of drug-likeness (QED) is 0.833. The lowest BCUT2D eigenvalue weighted by Gasteiger charge is -2.57. The van der Waals surface area contributed by atoms with E-state index >= 15 is 0 Å². The van der Waals surface area contributed by atoms with Crippen LogP contribution in [0, 0.1) is 11.3 Å². The van der Waals surface area contributed by atoms with Gasteiger partial charge in [0, 0.05) is 6.04 Å². The summed E-state index contributed by atoms with van der Waals surface area (Å²) in [6.45, 7) is 3.60. The normalized spacial score (nSPS) is 33.5. The molecular weight excluding hydrogens is 220 g/mol. The molecule has 1 unspecified atom stereocenters. The van der Waals surface area contributed by atoms with Gasteiger partial charge in [-0.05, 0) is 75.9 Å². The summed E-state index contributed by atoms with van der Waals surface area (Å²) in [5.74, 6) is 0.925. The highest BCUT2D eigenvalue weighted by atomic mass is 15.2. The van der Waals surface area contributed by atoms with Gasteiger partial charge in [0.15, 0.2) is 0 Å². The minimum absolute atomic E-state index is 0.763. The summed E-state index contributed by atoms with van der Waals surface area (Å²) in [7, 11) is 0. The molecule has 2 aliphatic carbocycles. The first kappa shape index (κ1) is 12.9. The summed E-state index contributed by atoms with van der Waals surface area (Å²) in [5, 5.41) is 0. The summed E-state index contributed by atoms with van der Waals surface area (Å²) in [6, 6.07) is 0.955. The highest BCUT2D eigenvalue weighted by Gasteiger charge is 2.49. The minimum atomic E-state index is 0.763. The molecule has 1 heterocycles. The molecule has 0 aromatic rings. The lowest BCUT2D eigenvalue weighted by atomic mass is 9.56. The van der Waals surface area contributed by atoms with E-state index in [0.717, 1.165) is 23.9 Å². The third kappa shape index (κ3) is 2.34. The number of hydrogen-bond acceptors (Lipinski definition) is 2. The van der Waals surface area contributed by atoms with Crippen LogP contribution >= 0.6 is 0 Å². The molecule has 0 radical (unpaired) electrons. The zero-order valence-electron chi connectivity index (χ0n) is 11.9. The van der Waals surface area contributed by atoms with Gasteiger partial charge in [0.05, 0.1) is 0 Å². The lowest BCUT2D eigenvalue weighted by molar-refractivity contribution is -0.0644. The van der Waals surface area contributed by atoms with E-state index in [1.165, 1.54) is 77.3 Å². The van der Waals surface area contributed by atoms with Crippen molar-refractivity contribution in [2.24, 2.45) is 17.1 Å². The molecule has 0 amide bonds. The predicted octanol–water partition coefficient (Wildman–Crippen LogP) is 3.16. The largest absolute Gasteiger partial charge is 0.330 e. The van der Waals surface area contributed by atoms with E-state index in [4.69, 9.17) is 5.73 Å². The fourth-order valence-corrected chi connectivity index (χ4v) is 4.88. The number of hydrogen-bond donors (Lipinski definition) is 1. The second kappa shape index (κ2) is 5.50. The van der Waals surface area contributed by atoms with Gasteiger partial charge in [-0.3, -0.25) is 4.90 Å². The Balaban J connectivity index is 1.53. The second-order valence-corrected chi connectivity index (χ2v) is 7.03. The van der Waals surface area contributed by atoms with Crippen LogP contribution < -0.4 is 5.73 Å². The van der Waals surface area contributed by atoms with Gasteiger partial charge in [0.2, 0.25) is 0 Å². The van der Waals surface area contributed by atoms with Gasteiger partial charge in [-0.15, -0.1) is 0 Å². The molecule has 3 fully saturated rings. The summed E-state index contributed by atoms with van der Waals surface area (Å²) >= 11 is 0. The predicted molar refractivity (Wildman–Crippen MR) is 76.5 cm³/mol. The Hall–Kier alpha value is -0.0800. The minimum Gasteiger partial charge on any atom is -0.330 e. The van der Waals surface area contributed by atoms with Gasteiger partial charge < -0.3 is 5.73 Å². The second-order valence-electron chi connectivity index (χ2n) is 7.03. The first-order valence-electron chi connectivity index (χ1n) is 8.28. The van der Waals surface area contributed by atoms with Gasteiger partial charge in [-0.25, -0.2) is 0 Å². The van der Waals surface area contributed by atoms with Crippen LogP contribution in [-0.4, -0.2) is 30.6 Å². The summed E-state index contributed by atoms with van der Waals surface area (Å²) in [4.78, 5) is 2.85. The molecule has 3 aliphatic rings. The molecule has 1 saturated heterocycles. The maximum atomic E-state index is 5.69. The average molecular weight is 250 g/mol. The van der Waals surface area contributed by atoms with Crippen molar-refractivity contribution in [3.63, 3.8) is 0 Å². The van der Waals surface area contributed by atoms with Crippen molar-refractivity contribution >= 4 is 0 Å². The summed E-state index contributed by atoms with van der Waals surface area (Å²) in [5.41, 5.74) is 6.45. The van der Waals surface area contributed by atoms with E-state index in [-0.39, 0.29) is 0 Å². The van der Waals surface area contributed by atoms with E-state index in [1.807, 2.05) is 0 Å². The molecule has 2 nitrogen and oxygen atoms in total. The Labute approximate surface area is 112 Å². The average Bonchev–Trinajstić information content (AvgIpc) is 2.41. The van der Waals surface area contributed by atoms with E-state index < -0.39 is 0 Å². The Morgan fingerprint density at radius 3 is 2.22 bits per heavy atom. The molecular formula is C16H30N2. The number of piperidine rings is 1. The molecule has 1 aliphatic heterocycles. The molecule has 0 aromatic carbocycles. The molecule has 1 atom stereocenters. The van der Waals surface area contributed by atoms with Crippen LogP contribution in [0.1, 0.15) is 64.2 Å². The van der Waals surface area contributed by atoms with Crippen molar-refractivity contribution < 1.29 is 0 Å². The maximum absolute atomic E-state index is 5.69. The highest BCUT2D eigenvalue weighted by Crippen LogP contribution is 2.54. The van der Waals surface area contributed by atoms with Crippen LogP contribution in [0.5, 0.6) is 0 Å².